The van der Waals surface area contributed by atoms with E-state index in [1.165, 1.54) is 5.56 Å². The number of ether oxygens (including phenoxy) is 1. The Morgan fingerprint density at radius 1 is 1.15 bits per heavy atom. The molecule has 0 bridgehead atoms. The van der Waals surface area contributed by atoms with E-state index in [9.17, 15) is 0 Å². The number of rotatable bonds is 3. The van der Waals surface area contributed by atoms with E-state index in [4.69, 9.17) is 15.7 Å². The SMILES string of the molecule is Cc1ccc(Oc2ccc(/C(N)=N/O)cc2Br)c(C)c1. The van der Waals surface area contributed by atoms with Gasteiger partial charge in [-0.2, -0.15) is 0 Å². The van der Waals surface area contributed by atoms with E-state index in [1.54, 1.807) is 18.2 Å². The Hall–Kier alpha value is -2.01. The van der Waals surface area contributed by atoms with E-state index in [-0.39, 0.29) is 5.84 Å². The van der Waals surface area contributed by atoms with Gasteiger partial charge in [-0.25, -0.2) is 0 Å². The number of amidine groups is 1. The number of halogens is 1. The van der Waals surface area contributed by atoms with Gasteiger partial charge >= 0.3 is 0 Å². The third-order valence-electron chi connectivity index (χ3n) is 2.89. The highest BCUT2D eigenvalue weighted by molar-refractivity contribution is 9.10. The highest BCUT2D eigenvalue weighted by atomic mass is 79.9. The Labute approximate surface area is 126 Å². The molecule has 0 aliphatic carbocycles. The van der Waals surface area contributed by atoms with Crippen LogP contribution in [0, 0.1) is 13.8 Å². The van der Waals surface area contributed by atoms with Crippen molar-refractivity contribution in [2.75, 3.05) is 0 Å². The standard InChI is InChI=1S/C15H15BrN2O2/c1-9-3-5-13(10(2)7-9)20-14-6-4-11(8-12(14)16)15(17)18-19/h3-8,19H,1-2H3,(H2,17,18). The van der Waals surface area contributed by atoms with Crippen LogP contribution >= 0.6 is 15.9 Å². The van der Waals surface area contributed by atoms with E-state index in [0.29, 0.717) is 11.3 Å². The van der Waals surface area contributed by atoms with Gasteiger partial charge in [-0.15, -0.1) is 0 Å². The average molecular weight is 335 g/mol. The molecule has 0 fully saturated rings. The maximum atomic E-state index is 8.66. The molecule has 0 spiro atoms. The van der Waals surface area contributed by atoms with Crippen LogP contribution in [0.4, 0.5) is 0 Å². The van der Waals surface area contributed by atoms with Gasteiger partial charge in [0, 0.05) is 5.56 Å². The van der Waals surface area contributed by atoms with Gasteiger partial charge in [-0.1, -0.05) is 22.9 Å². The van der Waals surface area contributed by atoms with Gasteiger partial charge in [-0.3, -0.25) is 0 Å². The first-order valence-corrected chi connectivity index (χ1v) is 6.83. The molecular formula is C15H15BrN2O2. The summed E-state index contributed by atoms with van der Waals surface area (Å²) in [5.41, 5.74) is 8.42. The van der Waals surface area contributed by atoms with Crippen LogP contribution in [0.5, 0.6) is 11.5 Å². The number of nitrogens with two attached hydrogens (primary N) is 1. The first-order chi connectivity index (χ1) is 9.51. The van der Waals surface area contributed by atoms with Crippen molar-refractivity contribution in [3.05, 3.63) is 57.6 Å². The molecule has 4 nitrogen and oxygen atoms in total. The fourth-order valence-corrected chi connectivity index (χ4v) is 2.29. The van der Waals surface area contributed by atoms with Gasteiger partial charge < -0.3 is 15.7 Å². The summed E-state index contributed by atoms with van der Waals surface area (Å²) in [4.78, 5) is 0. The summed E-state index contributed by atoms with van der Waals surface area (Å²) in [7, 11) is 0. The second-order valence-corrected chi connectivity index (χ2v) is 5.36. The fraction of sp³-hybridized carbons (Fsp3) is 0.133. The summed E-state index contributed by atoms with van der Waals surface area (Å²) in [5, 5.41) is 11.6. The first kappa shape index (κ1) is 14.4. The summed E-state index contributed by atoms with van der Waals surface area (Å²) in [6, 6.07) is 11.3. The number of aryl methyl sites for hydroxylation is 2. The van der Waals surface area contributed by atoms with Gasteiger partial charge in [0.2, 0.25) is 0 Å². The molecule has 0 heterocycles. The van der Waals surface area contributed by atoms with E-state index < -0.39 is 0 Å². The number of oxime groups is 1. The molecule has 2 rings (SSSR count). The van der Waals surface area contributed by atoms with Crippen LogP contribution in [0.15, 0.2) is 46.0 Å². The third kappa shape index (κ3) is 3.11. The van der Waals surface area contributed by atoms with Crippen molar-refractivity contribution in [3.8, 4) is 11.5 Å². The second-order valence-electron chi connectivity index (χ2n) is 4.50. The normalized spacial score (nSPS) is 11.4. The van der Waals surface area contributed by atoms with Crippen LogP contribution in [0.2, 0.25) is 0 Å². The average Bonchev–Trinajstić information content (AvgIpc) is 2.42. The summed E-state index contributed by atoms with van der Waals surface area (Å²) >= 11 is 3.42. The summed E-state index contributed by atoms with van der Waals surface area (Å²) in [5.74, 6) is 1.53. The van der Waals surface area contributed by atoms with Crippen LogP contribution in [-0.4, -0.2) is 11.0 Å². The lowest BCUT2D eigenvalue weighted by Crippen LogP contribution is -2.12. The summed E-state index contributed by atoms with van der Waals surface area (Å²) < 4.78 is 6.61. The van der Waals surface area contributed by atoms with Crippen LogP contribution < -0.4 is 10.5 Å². The van der Waals surface area contributed by atoms with E-state index in [2.05, 4.69) is 27.2 Å². The largest absolute Gasteiger partial charge is 0.456 e. The second kappa shape index (κ2) is 5.96. The minimum Gasteiger partial charge on any atom is -0.456 e. The quantitative estimate of drug-likeness (QED) is 0.386. The number of hydrogen-bond acceptors (Lipinski definition) is 3. The Balaban J connectivity index is 2.30. The highest BCUT2D eigenvalue weighted by Gasteiger charge is 2.08. The first-order valence-electron chi connectivity index (χ1n) is 6.04. The third-order valence-corrected chi connectivity index (χ3v) is 3.51. The Bertz CT molecular complexity index is 669. The molecule has 0 aliphatic heterocycles. The predicted octanol–water partition coefficient (Wildman–Crippen LogP) is 3.95. The van der Waals surface area contributed by atoms with Crippen LogP contribution in [0.1, 0.15) is 16.7 Å². The van der Waals surface area contributed by atoms with Gasteiger partial charge in [0.05, 0.1) is 4.47 Å². The molecule has 2 aromatic carbocycles. The Kier molecular flexibility index (Phi) is 4.29. The van der Waals surface area contributed by atoms with E-state index >= 15 is 0 Å². The van der Waals surface area contributed by atoms with E-state index in [0.717, 1.165) is 15.8 Å². The molecular weight excluding hydrogens is 320 g/mol. The molecule has 0 atom stereocenters. The number of hydrogen-bond donors (Lipinski definition) is 2. The Morgan fingerprint density at radius 2 is 1.85 bits per heavy atom. The van der Waals surface area contributed by atoms with Gasteiger partial charge in [-0.05, 0) is 59.6 Å². The van der Waals surface area contributed by atoms with Crippen molar-refractivity contribution in [1.29, 1.82) is 0 Å². The smallest absolute Gasteiger partial charge is 0.170 e. The van der Waals surface area contributed by atoms with E-state index in [1.807, 2.05) is 26.0 Å². The molecule has 0 saturated carbocycles. The zero-order chi connectivity index (χ0) is 14.7. The molecule has 5 heteroatoms. The molecule has 3 N–H and O–H groups in total. The van der Waals surface area contributed by atoms with Gasteiger partial charge in [0.25, 0.3) is 0 Å². The summed E-state index contributed by atoms with van der Waals surface area (Å²) in [6.45, 7) is 4.04. The minimum absolute atomic E-state index is 0.0590. The van der Waals surface area contributed by atoms with Crippen molar-refractivity contribution < 1.29 is 9.94 Å². The topological polar surface area (TPSA) is 67.8 Å². The molecule has 104 valence electrons. The number of benzene rings is 2. The van der Waals surface area contributed by atoms with Gasteiger partial charge in [0.1, 0.15) is 11.5 Å². The predicted molar refractivity (Wildman–Crippen MR) is 82.6 cm³/mol. The zero-order valence-electron chi connectivity index (χ0n) is 11.2. The van der Waals surface area contributed by atoms with Crippen LogP contribution in [0.3, 0.4) is 0 Å². The van der Waals surface area contributed by atoms with Crippen molar-refractivity contribution >= 4 is 21.8 Å². The molecule has 0 aliphatic rings. The minimum atomic E-state index is 0.0590. The van der Waals surface area contributed by atoms with Crippen LogP contribution in [0.25, 0.3) is 0 Å². The molecule has 20 heavy (non-hydrogen) atoms. The molecule has 2 aromatic rings. The maximum Gasteiger partial charge on any atom is 0.170 e. The van der Waals surface area contributed by atoms with Crippen molar-refractivity contribution in [2.45, 2.75) is 13.8 Å². The van der Waals surface area contributed by atoms with Crippen molar-refractivity contribution in [1.82, 2.24) is 0 Å². The van der Waals surface area contributed by atoms with Crippen molar-refractivity contribution in [3.63, 3.8) is 0 Å². The molecule has 0 aromatic heterocycles. The molecule has 0 amide bonds. The monoisotopic (exact) mass is 334 g/mol. The summed E-state index contributed by atoms with van der Waals surface area (Å²) in [6.07, 6.45) is 0. The molecule has 0 saturated heterocycles. The van der Waals surface area contributed by atoms with Crippen LogP contribution in [-0.2, 0) is 0 Å². The number of nitrogens with zero attached hydrogens (tertiary/aromatic N) is 1. The van der Waals surface area contributed by atoms with Crippen molar-refractivity contribution in [2.24, 2.45) is 10.9 Å². The van der Waals surface area contributed by atoms with Gasteiger partial charge in [0.15, 0.2) is 5.84 Å². The molecule has 0 unspecified atom stereocenters. The Morgan fingerprint density at radius 3 is 2.45 bits per heavy atom. The lowest BCUT2D eigenvalue weighted by Gasteiger charge is -2.11. The lowest BCUT2D eigenvalue weighted by molar-refractivity contribution is 0.318. The maximum absolute atomic E-state index is 8.66. The lowest BCUT2D eigenvalue weighted by atomic mass is 10.1. The zero-order valence-corrected chi connectivity index (χ0v) is 12.8. The molecule has 0 radical (unpaired) electrons. The fourth-order valence-electron chi connectivity index (χ4n) is 1.83. The highest BCUT2D eigenvalue weighted by Crippen LogP contribution is 2.32.